The lowest BCUT2D eigenvalue weighted by atomic mass is 10.3. The Morgan fingerprint density at radius 2 is 2.60 bits per heavy atom. The number of hydrogen-bond acceptors (Lipinski definition) is 4. The van der Waals surface area contributed by atoms with Gasteiger partial charge in [-0.15, -0.1) is 0 Å². The summed E-state index contributed by atoms with van der Waals surface area (Å²) in [5, 5.41) is 9.87. The third-order valence-electron chi connectivity index (χ3n) is 1.20. The fourth-order valence-electron chi connectivity index (χ4n) is 0.661. The Hall–Kier alpha value is -1.07. The van der Waals surface area contributed by atoms with Crippen LogP contribution in [0.3, 0.4) is 0 Å². The van der Waals surface area contributed by atoms with Gasteiger partial charge in [-0.1, -0.05) is 5.59 Å². The first-order chi connectivity index (χ1) is 4.72. The van der Waals surface area contributed by atoms with Crippen LogP contribution < -0.4 is 5.59 Å². The molecule has 5 heteroatoms. The third-order valence-corrected chi connectivity index (χ3v) is 1.20. The minimum Gasteiger partial charge on any atom is -0.480 e. The standard InChI is InChI=1S/C5H8N2O3/c1-7-4(5(8)9)2-3-10-6-7/h2-4,6H,1H3,(H,8,9). The second kappa shape index (κ2) is 2.68. The van der Waals surface area contributed by atoms with Gasteiger partial charge >= 0.3 is 5.97 Å². The van der Waals surface area contributed by atoms with Crippen LogP contribution in [0.25, 0.3) is 0 Å². The summed E-state index contributed by atoms with van der Waals surface area (Å²) >= 11 is 0. The van der Waals surface area contributed by atoms with Crippen LogP contribution in [-0.2, 0) is 9.63 Å². The topological polar surface area (TPSA) is 61.8 Å². The molecule has 0 bridgehead atoms. The van der Waals surface area contributed by atoms with E-state index in [1.54, 1.807) is 7.05 Å². The highest BCUT2D eigenvalue weighted by atomic mass is 16.7. The van der Waals surface area contributed by atoms with Crippen LogP contribution in [0.5, 0.6) is 0 Å². The molecule has 1 atom stereocenters. The highest BCUT2D eigenvalue weighted by Gasteiger charge is 2.21. The number of nitrogens with zero attached hydrogens (tertiary/aromatic N) is 1. The van der Waals surface area contributed by atoms with Crippen LogP contribution in [0, 0.1) is 0 Å². The van der Waals surface area contributed by atoms with E-state index < -0.39 is 12.0 Å². The maximum Gasteiger partial charge on any atom is 0.326 e. The maximum atomic E-state index is 10.4. The zero-order valence-corrected chi connectivity index (χ0v) is 5.44. The minimum absolute atomic E-state index is 0.645. The molecule has 56 valence electrons. The average Bonchev–Trinajstić information content (AvgIpc) is 1.88. The largest absolute Gasteiger partial charge is 0.480 e. The lowest BCUT2D eigenvalue weighted by Gasteiger charge is -2.24. The van der Waals surface area contributed by atoms with Crippen molar-refractivity contribution in [2.45, 2.75) is 6.04 Å². The summed E-state index contributed by atoms with van der Waals surface area (Å²) in [5.74, 6) is -0.908. The van der Waals surface area contributed by atoms with Crippen molar-refractivity contribution in [1.82, 2.24) is 10.6 Å². The van der Waals surface area contributed by atoms with Crippen molar-refractivity contribution >= 4 is 5.97 Å². The Bertz CT molecular complexity index is 168. The molecule has 5 nitrogen and oxygen atoms in total. The van der Waals surface area contributed by atoms with Crippen molar-refractivity contribution in [3.63, 3.8) is 0 Å². The molecule has 0 saturated carbocycles. The molecule has 2 N–H and O–H groups in total. The van der Waals surface area contributed by atoms with Gasteiger partial charge in [-0.25, -0.2) is 0 Å². The fraction of sp³-hybridized carbons (Fsp3) is 0.400. The summed E-state index contributed by atoms with van der Waals surface area (Å²) in [7, 11) is 1.59. The van der Waals surface area contributed by atoms with Crippen LogP contribution in [0.2, 0.25) is 0 Å². The molecule has 0 amide bonds. The molecule has 10 heavy (non-hydrogen) atoms. The third kappa shape index (κ3) is 1.26. The number of rotatable bonds is 1. The molecular weight excluding hydrogens is 136 g/mol. The zero-order chi connectivity index (χ0) is 7.56. The zero-order valence-electron chi connectivity index (χ0n) is 5.44. The first-order valence-corrected chi connectivity index (χ1v) is 2.75. The van der Waals surface area contributed by atoms with Crippen LogP contribution in [0.4, 0.5) is 0 Å². The van der Waals surface area contributed by atoms with Gasteiger partial charge in [-0.05, 0) is 6.08 Å². The summed E-state index contributed by atoms with van der Waals surface area (Å²) in [5.41, 5.74) is 2.38. The molecule has 0 spiro atoms. The van der Waals surface area contributed by atoms with Crippen LogP contribution in [0.15, 0.2) is 12.3 Å². The number of carboxylic acid groups (broad SMARTS) is 1. The molecule has 0 saturated heterocycles. The number of carboxylic acids is 1. The predicted molar refractivity (Wildman–Crippen MR) is 32.5 cm³/mol. The number of hydrogen-bond donors (Lipinski definition) is 2. The lowest BCUT2D eigenvalue weighted by molar-refractivity contribution is -0.148. The van der Waals surface area contributed by atoms with Crippen molar-refractivity contribution in [3.8, 4) is 0 Å². The first-order valence-electron chi connectivity index (χ1n) is 2.75. The number of aliphatic carboxylic acids is 1. The van der Waals surface area contributed by atoms with E-state index in [0.717, 1.165) is 0 Å². The van der Waals surface area contributed by atoms with Crippen molar-refractivity contribution < 1.29 is 14.7 Å². The van der Waals surface area contributed by atoms with Gasteiger partial charge in [0.05, 0.1) is 0 Å². The smallest absolute Gasteiger partial charge is 0.326 e. The Labute approximate surface area is 57.8 Å². The van der Waals surface area contributed by atoms with Crippen LogP contribution >= 0.6 is 0 Å². The predicted octanol–water partition coefficient (Wildman–Crippen LogP) is -0.665. The fourth-order valence-corrected chi connectivity index (χ4v) is 0.661. The summed E-state index contributed by atoms with van der Waals surface area (Å²) in [6.45, 7) is 0. The molecule has 1 heterocycles. The highest BCUT2D eigenvalue weighted by molar-refractivity contribution is 5.75. The van der Waals surface area contributed by atoms with E-state index in [0.29, 0.717) is 0 Å². The molecule has 0 aromatic rings. The van der Waals surface area contributed by atoms with Gasteiger partial charge in [-0.2, -0.15) is 5.01 Å². The number of likely N-dealkylation sites (N-methyl/N-ethyl adjacent to an activating group) is 1. The van der Waals surface area contributed by atoms with Gasteiger partial charge in [0.15, 0.2) is 0 Å². The molecule has 1 rings (SSSR count). The van der Waals surface area contributed by atoms with Crippen LogP contribution in [0.1, 0.15) is 0 Å². The second-order valence-corrected chi connectivity index (χ2v) is 1.93. The number of carbonyl (C=O) groups is 1. The van der Waals surface area contributed by atoms with Crippen molar-refractivity contribution in [3.05, 3.63) is 12.3 Å². The summed E-state index contributed by atoms with van der Waals surface area (Å²) in [6, 6.07) is -0.645. The summed E-state index contributed by atoms with van der Waals surface area (Å²) in [4.78, 5) is 15.0. The highest BCUT2D eigenvalue weighted by Crippen LogP contribution is 2.00. The van der Waals surface area contributed by atoms with E-state index in [2.05, 4.69) is 10.4 Å². The molecule has 1 aliphatic rings. The Morgan fingerprint density at radius 3 is 3.00 bits per heavy atom. The van der Waals surface area contributed by atoms with E-state index in [-0.39, 0.29) is 0 Å². The monoisotopic (exact) mass is 144 g/mol. The van der Waals surface area contributed by atoms with Gasteiger partial charge in [0.25, 0.3) is 0 Å². The Kier molecular flexibility index (Phi) is 1.88. The van der Waals surface area contributed by atoms with Gasteiger partial charge in [0, 0.05) is 7.05 Å². The minimum atomic E-state index is -0.908. The average molecular weight is 144 g/mol. The summed E-state index contributed by atoms with van der Waals surface area (Å²) < 4.78 is 0. The second-order valence-electron chi connectivity index (χ2n) is 1.93. The normalized spacial score (nSPS) is 25.9. The van der Waals surface area contributed by atoms with E-state index in [9.17, 15) is 4.79 Å². The molecule has 0 aliphatic carbocycles. The number of nitrogens with one attached hydrogen (secondary N) is 1. The summed E-state index contributed by atoms with van der Waals surface area (Å²) in [6.07, 6.45) is 2.75. The van der Waals surface area contributed by atoms with Gasteiger partial charge in [0.1, 0.15) is 12.3 Å². The van der Waals surface area contributed by atoms with Crippen molar-refractivity contribution in [2.75, 3.05) is 7.05 Å². The van der Waals surface area contributed by atoms with E-state index in [1.165, 1.54) is 17.3 Å². The van der Waals surface area contributed by atoms with Crippen molar-refractivity contribution in [1.29, 1.82) is 0 Å². The molecule has 0 fully saturated rings. The lowest BCUT2D eigenvalue weighted by Crippen LogP contribution is -2.47. The van der Waals surface area contributed by atoms with Crippen LogP contribution in [-0.4, -0.2) is 29.2 Å². The molecule has 1 unspecified atom stereocenters. The van der Waals surface area contributed by atoms with E-state index in [1.807, 2.05) is 0 Å². The van der Waals surface area contributed by atoms with E-state index in [4.69, 9.17) is 5.11 Å². The maximum absolute atomic E-state index is 10.4. The van der Waals surface area contributed by atoms with Gasteiger partial charge < -0.3 is 9.94 Å². The van der Waals surface area contributed by atoms with E-state index >= 15 is 0 Å². The van der Waals surface area contributed by atoms with Gasteiger partial charge in [0.2, 0.25) is 0 Å². The first kappa shape index (κ1) is 7.04. The quantitative estimate of drug-likeness (QED) is 0.511. The molecule has 0 aromatic heterocycles. The molecular formula is C5H8N2O3. The Balaban J connectivity index is 2.64. The molecule has 1 aliphatic heterocycles. The molecule has 0 radical (unpaired) electrons. The SMILES string of the molecule is CN1NOC=CC1C(=O)O. The Morgan fingerprint density at radius 1 is 1.90 bits per heavy atom. The number of hydrazine groups is 1. The van der Waals surface area contributed by atoms with Crippen molar-refractivity contribution in [2.24, 2.45) is 0 Å². The van der Waals surface area contributed by atoms with Gasteiger partial charge in [-0.3, -0.25) is 4.79 Å². The molecule has 0 aromatic carbocycles.